The molecule has 0 aliphatic carbocycles. The van der Waals surface area contributed by atoms with Crippen molar-refractivity contribution in [1.82, 2.24) is 9.13 Å². The van der Waals surface area contributed by atoms with Crippen LogP contribution in [-0.2, 0) is 28.4 Å². The van der Waals surface area contributed by atoms with Crippen molar-refractivity contribution in [1.29, 1.82) is 0 Å². The molecule has 10 heteroatoms. The minimum absolute atomic E-state index is 0.0672. The average molecular weight is 435 g/mol. The van der Waals surface area contributed by atoms with Crippen LogP contribution in [0.25, 0.3) is 5.70 Å². The fourth-order valence-electron chi connectivity index (χ4n) is 2.62. The SMILES string of the molecule is Cn1c(N)c(N/C(=C2/COC(=O)C2=O)c2ccc(Br)cc2)c(=O)n(C)c1=O. The molecular formula is C17H15BrN4O5. The Balaban J connectivity index is 2.23. The molecule has 3 N–H and O–H groups in total. The molecule has 0 saturated carbocycles. The van der Waals surface area contributed by atoms with Crippen molar-refractivity contribution in [2.24, 2.45) is 14.1 Å². The number of Topliss-reactive ketones (excluding diaryl/α,β-unsaturated/α-hetero) is 1. The van der Waals surface area contributed by atoms with Crippen LogP contribution in [-0.4, -0.2) is 27.5 Å². The third kappa shape index (κ3) is 3.19. The van der Waals surface area contributed by atoms with E-state index in [9.17, 15) is 19.2 Å². The second kappa shape index (κ2) is 6.88. The summed E-state index contributed by atoms with van der Waals surface area (Å²) in [7, 11) is 2.73. The fraction of sp³-hybridized carbons (Fsp3) is 0.176. The molecule has 9 nitrogen and oxygen atoms in total. The predicted octanol–water partition coefficient (Wildman–Crippen LogP) is 0.378. The Morgan fingerprint density at radius 2 is 1.74 bits per heavy atom. The van der Waals surface area contributed by atoms with Crippen LogP contribution in [0.1, 0.15) is 5.56 Å². The molecular weight excluding hydrogens is 420 g/mol. The normalized spacial score (nSPS) is 15.7. The number of carbonyl (C=O) groups is 2. The summed E-state index contributed by atoms with van der Waals surface area (Å²) in [5.41, 5.74) is 5.42. The van der Waals surface area contributed by atoms with E-state index in [1.54, 1.807) is 24.3 Å². The van der Waals surface area contributed by atoms with E-state index in [1.807, 2.05) is 0 Å². The number of rotatable bonds is 3. The maximum Gasteiger partial charge on any atom is 0.379 e. The number of aromatic nitrogens is 2. The molecule has 0 radical (unpaired) electrons. The number of cyclic esters (lactones) is 1. The Kier molecular flexibility index (Phi) is 4.75. The molecule has 1 aliphatic heterocycles. The highest BCUT2D eigenvalue weighted by atomic mass is 79.9. The van der Waals surface area contributed by atoms with E-state index in [2.05, 4.69) is 21.2 Å². The molecule has 0 amide bonds. The number of halogens is 1. The van der Waals surface area contributed by atoms with Crippen molar-refractivity contribution in [2.75, 3.05) is 17.7 Å². The quantitative estimate of drug-likeness (QED) is 0.406. The van der Waals surface area contributed by atoms with Gasteiger partial charge < -0.3 is 15.8 Å². The first-order valence-corrected chi connectivity index (χ1v) is 8.54. The number of anilines is 2. The minimum atomic E-state index is -0.970. The third-order valence-electron chi connectivity index (χ3n) is 4.20. The van der Waals surface area contributed by atoms with Gasteiger partial charge in [0, 0.05) is 18.6 Å². The van der Waals surface area contributed by atoms with Gasteiger partial charge in [-0.2, -0.15) is 0 Å². The van der Waals surface area contributed by atoms with E-state index in [4.69, 9.17) is 10.5 Å². The Hall–Kier alpha value is -3.14. The van der Waals surface area contributed by atoms with Crippen LogP contribution < -0.4 is 22.3 Å². The summed E-state index contributed by atoms with van der Waals surface area (Å²) in [6.45, 7) is -0.234. The number of hydrogen-bond acceptors (Lipinski definition) is 7. The molecule has 1 fully saturated rings. The van der Waals surface area contributed by atoms with Gasteiger partial charge >= 0.3 is 11.7 Å². The molecule has 2 aromatic rings. The van der Waals surface area contributed by atoms with Crippen molar-refractivity contribution < 1.29 is 14.3 Å². The summed E-state index contributed by atoms with van der Waals surface area (Å²) in [6, 6.07) is 6.86. The molecule has 0 atom stereocenters. The number of ether oxygens (including phenoxy) is 1. The van der Waals surface area contributed by atoms with Gasteiger partial charge in [0.1, 0.15) is 18.1 Å². The molecule has 1 saturated heterocycles. The molecule has 1 aromatic carbocycles. The van der Waals surface area contributed by atoms with E-state index in [1.165, 1.54) is 14.1 Å². The lowest BCUT2D eigenvalue weighted by molar-refractivity contribution is -0.146. The molecule has 0 unspecified atom stereocenters. The molecule has 2 heterocycles. The van der Waals surface area contributed by atoms with Crippen molar-refractivity contribution >= 4 is 44.9 Å². The van der Waals surface area contributed by atoms with E-state index >= 15 is 0 Å². The summed E-state index contributed by atoms with van der Waals surface area (Å²) in [6.07, 6.45) is 0. The van der Waals surface area contributed by atoms with E-state index in [0.29, 0.717) is 5.56 Å². The van der Waals surface area contributed by atoms with Gasteiger partial charge in [-0.1, -0.05) is 28.1 Å². The summed E-state index contributed by atoms with van der Waals surface area (Å²) < 4.78 is 7.60. The molecule has 27 heavy (non-hydrogen) atoms. The Bertz CT molecular complexity index is 1110. The lowest BCUT2D eigenvalue weighted by Gasteiger charge is -2.17. The smallest absolute Gasteiger partial charge is 0.379 e. The second-order valence-corrected chi connectivity index (χ2v) is 6.77. The van der Waals surface area contributed by atoms with Crippen LogP contribution in [0.3, 0.4) is 0 Å². The number of ketones is 1. The Labute approximate surface area is 161 Å². The van der Waals surface area contributed by atoms with E-state index in [0.717, 1.165) is 13.6 Å². The van der Waals surface area contributed by atoms with Crippen molar-refractivity contribution in [3.63, 3.8) is 0 Å². The monoisotopic (exact) mass is 434 g/mol. The van der Waals surface area contributed by atoms with E-state index < -0.39 is 23.0 Å². The zero-order valence-electron chi connectivity index (χ0n) is 14.4. The summed E-state index contributed by atoms with van der Waals surface area (Å²) in [5.74, 6) is -1.88. The van der Waals surface area contributed by atoms with E-state index in [-0.39, 0.29) is 29.4 Å². The predicted molar refractivity (Wildman–Crippen MR) is 102 cm³/mol. The maximum atomic E-state index is 12.5. The number of nitrogens with one attached hydrogen (secondary N) is 1. The number of hydrogen-bond donors (Lipinski definition) is 2. The van der Waals surface area contributed by atoms with Crippen molar-refractivity contribution in [2.45, 2.75) is 0 Å². The van der Waals surface area contributed by atoms with Crippen LogP contribution >= 0.6 is 15.9 Å². The van der Waals surface area contributed by atoms with Gasteiger partial charge in [0.25, 0.3) is 11.3 Å². The van der Waals surface area contributed by atoms with Gasteiger partial charge in [-0.05, 0) is 17.7 Å². The Morgan fingerprint density at radius 1 is 1.11 bits per heavy atom. The van der Waals surface area contributed by atoms with Crippen LogP contribution in [0.2, 0.25) is 0 Å². The second-order valence-electron chi connectivity index (χ2n) is 5.86. The molecule has 0 spiro atoms. The summed E-state index contributed by atoms with van der Waals surface area (Å²) in [4.78, 5) is 48.2. The number of nitrogen functional groups attached to an aromatic ring is 1. The topological polar surface area (TPSA) is 125 Å². The van der Waals surface area contributed by atoms with Crippen LogP contribution in [0.4, 0.5) is 11.5 Å². The maximum absolute atomic E-state index is 12.5. The van der Waals surface area contributed by atoms with Gasteiger partial charge in [-0.3, -0.25) is 18.7 Å². The lowest BCUT2D eigenvalue weighted by atomic mass is 10.0. The number of benzene rings is 1. The van der Waals surface area contributed by atoms with Gasteiger partial charge in [0.15, 0.2) is 0 Å². The zero-order valence-corrected chi connectivity index (χ0v) is 16.0. The third-order valence-corrected chi connectivity index (χ3v) is 4.73. The number of nitrogens with zero attached hydrogens (tertiary/aromatic N) is 2. The van der Waals surface area contributed by atoms with Gasteiger partial charge in [0.05, 0.1) is 11.3 Å². The summed E-state index contributed by atoms with van der Waals surface area (Å²) in [5, 5.41) is 2.85. The minimum Gasteiger partial charge on any atom is -0.455 e. The highest BCUT2D eigenvalue weighted by Gasteiger charge is 2.33. The number of esters is 1. The number of carbonyl (C=O) groups excluding carboxylic acids is 2. The van der Waals surface area contributed by atoms with Crippen molar-refractivity contribution in [3.8, 4) is 0 Å². The van der Waals surface area contributed by atoms with Crippen molar-refractivity contribution in [3.05, 3.63) is 60.7 Å². The largest absolute Gasteiger partial charge is 0.455 e. The van der Waals surface area contributed by atoms with Gasteiger partial charge in [0.2, 0.25) is 0 Å². The number of nitrogens with two attached hydrogens (primary N) is 1. The Morgan fingerprint density at radius 3 is 2.30 bits per heavy atom. The fourth-order valence-corrected chi connectivity index (χ4v) is 2.88. The molecule has 3 rings (SSSR count). The van der Waals surface area contributed by atoms with Crippen LogP contribution in [0.5, 0.6) is 0 Å². The summed E-state index contributed by atoms with van der Waals surface area (Å²) >= 11 is 3.32. The van der Waals surface area contributed by atoms with Crippen LogP contribution in [0, 0.1) is 0 Å². The standard InChI is InChI=1S/C17H15BrN4O5/c1-21-14(19)12(15(24)22(2)17(21)26)20-11(8-3-5-9(18)6-4-8)10-7-27-16(25)13(10)23/h3-6,20H,7,19H2,1-2H3/b11-10-. The highest BCUT2D eigenvalue weighted by molar-refractivity contribution is 9.10. The first kappa shape index (κ1) is 18.6. The molecule has 1 aromatic heterocycles. The highest BCUT2D eigenvalue weighted by Crippen LogP contribution is 2.27. The van der Waals surface area contributed by atoms with Gasteiger partial charge in [-0.15, -0.1) is 0 Å². The van der Waals surface area contributed by atoms with Gasteiger partial charge in [-0.25, -0.2) is 9.59 Å². The first-order chi connectivity index (χ1) is 12.7. The average Bonchev–Trinajstić information content (AvgIpc) is 2.98. The lowest BCUT2D eigenvalue weighted by Crippen LogP contribution is -2.39. The van der Waals surface area contributed by atoms with Crippen LogP contribution in [0.15, 0.2) is 43.9 Å². The molecule has 140 valence electrons. The molecule has 1 aliphatic rings. The molecule has 0 bridgehead atoms. The first-order valence-electron chi connectivity index (χ1n) is 7.75. The zero-order chi connectivity index (χ0) is 19.9.